The number of hydrogen-bond acceptors (Lipinski definition) is 5. The number of ether oxygens (including phenoxy) is 2. The van der Waals surface area contributed by atoms with Crippen molar-refractivity contribution in [2.45, 2.75) is 45.0 Å². The lowest BCUT2D eigenvalue weighted by molar-refractivity contribution is -0.220. The van der Waals surface area contributed by atoms with Crippen molar-refractivity contribution in [3.05, 3.63) is 23.8 Å². The van der Waals surface area contributed by atoms with Crippen LogP contribution < -0.4 is 5.46 Å². The van der Waals surface area contributed by atoms with Gasteiger partial charge < -0.3 is 19.5 Å². The molecule has 1 aliphatic heterocycles. The molecule has 1 unspecified atom stereocenters. The first kappa shape index (κ1) is 15.4. The Kier molecular flexibility index (Phi) is 4.75. The van der Waals surface area contributed by atoms with Crippen LogP contribution in [-0.4, -0.2) is 35.0 Å². The van der Waals surface area contributed by atoms with Gasteiger partial charge in [-0.1, -0.05) is 0 Å². The zero-order valence-corrected chi connectivity index (χ0v) is 11.7. The molecule has 0 radical (unpaired) electrons. The summed E-state index contributed by atoms with van der Waals surface area (Å²) in [4.78, 5) is 3.98. The molecule has 110 valence electrons. The van der Waals surface area contributed by atoms with Crippen LogP contribution in [-0.2, 0) is 15.1 Å². The highest BCUT2D eigenvalue weighted by Gasteiger charge is 2.33. The highest BCUT2D eigenvalue weighted by molar-refractivity contribution is 6.58. The van der Waals surface area contributed by atoms with Crippen LogP contribution in [0.3, 0.4) is 0 Å². The first-order chi connectivity index (χ1) is 9.42. The molecular formula is C13H19BFNO4. The summed E-state index contributed by atoms with van der Waals surface area (Å²) in [6.07, 6.45) is 3.71. The molecule has 1 aromatic rings. The minimum atomic E-state index is -1.88. The standard InChI is InChI=1S/C13H19BFNO4/c1-13(2,20-10-5-3-4-8-19-10)12-11(15)9(14(17)18)6-7-16-12/h6-7,10,17-18H,3-5,8H2,1-2H3. The second-order valence-electron chi connectivity index (χ2n) is 5.36. The molecule has 2 rings (SSSR count). The minimum absolute atomic E-state index is 0.0391. The third kappa shape index (κ3) is 3.35. The fourth-order valence-corrected chi connectivity index (χ4v) is 2.27. The van der Waals surface area contributed by atoms with E-state index in [0.29, 0.717) is 6.61 Å². The maximum atomic E-state index is 14.3. The van der Waals surface area contributed by atoms with Gasteiger partial charge in [-0.3, -0.25) is 4.98 Å². The summed E-state index contributed by atoms with van der Waals surface area (Å²) >= 11 is 0. The first-order valence-corrected chi connectivity index (χ1v) is 6.72. The second kappa shape index (κ2) is 6.18. The predicted molar refractivity (Wildman–Crippen MR) is 71.7 cm³/mol. The lowest BCUT2D eigenvalue weighted by atomic mass is 9.79. The third-order valence-corrected chi connectivity index (χ3v) is 3.33. The number of hydrogen-bond donors (Lipinski definition) is 2. The van der Waals surface area contributed by atoms with Crippen LogP contribution in [0.4, 0.5) is 4.39 Å². The molecule has 5 nitrogen and oxygen atoms in total. The van der Waals surface area contributed by atoms with E-state index < -0.39 is 18.5 Å². The maximum absolute atomic E-state index is 14.3. The van der Waals surface area contributed by atoms with Crippen molar-refractivity contribution in [1.82, 2.24) is 4.98 Å². The fourth-order valence-electron chi connectivity index (χ4n) is 2.27. The third-order valence-electron chi connectivity index (χ3n) is 3.33. The second-order valence-corrected chi connectivity index (χ2v) is 5.36. The van der Waals surface area contributed by atoms with Crippen LogP contribution in [0.25, 0.3) is 0 Å². The van der Waals surface area contributed by atoms with Crippen molar-refractivity contribution in [2.75, 3.05) is 6.61 Å². The molecule has 1 aliphatic rings. The lowest BCUT2D eigenvalue weighted by Gasteiger charge is -2.32. The van der Waals surface area contributed by atoms with E-state index in [1.165, 1.54) is 12.3 Å². The molecule has 1 saturated heterocycles. The topological polar surface area (TPSA) is 71.8 Å². The van der Waals surface area contributed by atoms with E-state index in [1.54, 1.807) is 13.8 Å². The summed E-state index contributed by atoms with van der Waals surface area (Å²) in [7, 11) is -1.88. The van der Waals surface area contributed by atoms with Gasteiger partial charge in [0.25, 0.3) is 0 Å². The Hall–Kier alpha value is -1.02. The van der Waals surface area contributed by atoms with Crippen molar-refractivity contribution in [2.24, 2.45) is 0 Å². The molecule has 0 amide bonds. The van der Waals surface area contributed by atoms with E-state index in [0.717, 1.165) is 19.3 Å². The molecule has 2 heterocycles. The van der Waals surface area contributed by atoms with Gasteiger partial charge in [0, 0.05) is 18.3 Å². The van der Waals surface area contributed by atoms with E-state index in [-0.39, 0.29) is 17.4 Å². The number of nitrogens with zero attached hydrogens (tertiary/aromatic N) is 1. The fraction of sp³-hybridized carbons (Fsp3) is 0.615. The van der Waals surface area contributed by atoms with Crippen molar-refractivity contribution in [3.8, 4) is 0 Å². The predicted octanol–water partition coefficient (Wildman–Crippen LogP) is 0.679. The number of rotatable bonds is 4. The highest BCUT2D eigenvalue weighted by Crippen LogP contribution is 2.29. The van der Waals surface area contributed by atoms with Gasteiger partial charge >= 0.3 is 7.12 Å². The van der Waals surface area contributed by atoms with Gasteiger partial charge in [-0.2, -0.15) is 0 Å². The normalized spacial score (nSPS) is 19.9. The number of halogens is 1. The maximum Gasteiger partial charge on any atom is 0.491 e. The smallest absolute Gasteiger partial charge is 0.423 e. The molecule has 0 spiro atoms. The zero-order valence-electron chi connectivity index (χ0n) is 11.7. The van der Waals surface area contributed by atoms with Crippen molar-refractivity contribution < 1.29 is 23.9 Å². The number of pyridine rings is 1. The quantitative estimate of drug-likeness (QED) is 0.795. The Morgan fingerprint density at radius 1 is 1.45 bits per heavy atom. The van der Waals surface area contributed by atoms with E-state index in [4.69, 9.17) is 19.5 Å². The van der Waals surface area contributed by atoms with E-state index in [2.05, 4.69) is 4.98 Å². The van der Waals surface area contributed by atoms with Crippen LogP contribution >= 0.6 is 0 Å². The Morgan fingerprint density at radius 2 is 2.20 bits per heavy atom. The molecule has 1 fully saturated rings. The van der Waals surface area contributed by atoms with Gasteiger partial charge in [-0.15, -0.1) is 0 Å². The molecule has 0 bridgehead atoms. The van der Waals surface area contributed by atoms with Crippen LogP contribution in [0.1, 0.15) is 38.8 Å². The first-order valence-electron chi connectivity index (χ1n) is 6.72. The Balaban J connectivity index is 2.22. The Labute approximate surface area is 117 Å². The molecule has 0 aromatic carbocycles. The average molecular weight is 283 g/mol. The van der Waals surface area contributed by atoms with Crippen LogP contribution in [0, 0.1) is 5.82 Å². The van der Waals surface area contributed by atoms with Crippen LogP contribution in [0.5, 0.6) is 0 Å². The summed E-state index contributed by atoms with van der Waals surface area (Å²) in [6.45, 7) is 4.00. The van der Waals surface area contributed by atoms with Gasteiger partial charge in [-0.05, 0) is 39.2 Å². The molecule has 1 atom stereocenters. The van der Waals surface area contributed by atoms with Gasteiger partial charge in [0.05, 0.1) is 0 Å². The molecule has 0 saturated carbocycles. The highest BCUT2D eigenvalue weighted by atomic mass is 19.1. The van der Waals surface area contributed by atoms with Gasteiger partial charge in [0.2, 0.25) is 0 Å². The summed E-state index contributed by atoms with van der Waals surface area (Å²) in [5, 5.41) is 18.3. The molecular weight excluding hydrogens is 264 g/mol. The van der Waals surface area contributed by atoms with Crippen molar-refractivity contribution in [3.63, 3.8) is 0 Å². The molecule has 7 heteroatoms. The molecule has 1 aromatic heterocycles. The Morgan fingerprint density at radius 3 is 2.80 bits per heavy atom. The molecule has 2 N–H and O–H groups in total. The van der Waals surface area contributed by atoms with Crippen LogP contribution in [0.15, 0.2) is 12.3 Å². The van der Waals surface area contributed by atoms with Gasteiger partial charge in [0.1, 0.15) is 17.1 Å². The van der Waals surface area contributed by atoms with Crippen molar-refractivity contribution >= 4 is 12.6 Å². The summed E-state index contributed by atoms with van der Waals surface area (Å²) in [5.41, 5.74) is -1.19. The van der Waals surface area contributed by atoms with Gasteiger partial charge in [0.15, 0.2) is 6.29 Å². The van der Waals surface area contributed by atoms with Gasteiger partial charge in [-0.25, -0.2) is 4.39 Å². The largest absolute Gasteiger partial charge is 0.491 e. The Bertz CT molecular complexity index is 464. The summed E-state index contributed by atoms with van der Waals surface area (Å²) < 4.78 is 25.5. The average Bonchev–Trinajstić information content (AvgIpc) is 2.39. The number of aromatic nitrogens is 1. The monoisotopic (exact) mass is 283 g/mol. The van der Waals surface area contributed by atoms with Crippen LogP contribution in [0.2, 0.25) is 0 Å². The summed E-state index contributed by atoms with van der Waals surface area (Å²) in [6, 6.07) is 1.23. The SMILES string of the molecule is CC(C)(OC1CCCCO1)c1nccc(B(O)O)c1F. The molecule has 0 aliphatic carbocycles. The molecule has 20 heavy (non-hydrogen) atoms. The zero-order chi connectivity index (χ0) is 14.8. The van der Waals surface area contributed by atoms with E-state index in [9.17, 15) is 4.39 Å². The lowest BCUT2D eigenvalue weighted by Crippen LogP contribution is -2.39. The minimum Gasteiger partial charge on any atom is -0.423 e. The van der Waals surface area contributed by atoms with E-state index >= 15 is 0 Å². The van der Waals surface area contributed by atoms with E-state index in [1.807, 2.05) is 0 Å². The summed E-state index contributed by atoms with van der Waals surface area (Å²) in [5.74, 6) is -0.761. The van der Waals surface area contributed by atoms with Crippen molar-refractivity contribution in [1.29, 1.82) is 0 Å².